The monoisotopic (exact) mass is 352 g/mol. The quantitative estimate of drug-likeness (QED) is 0.623. The summed E-state index contributed by atoms with van der Waals surface area (Å²) in [5, 5.41) is 4.53. The third-order valence-electron chi connectivity index (χ3n) is 3.62. The van der Waals surface area contributed by atoms with E-state index in [9.17, 15) is 9.59 Å². The first-order valence-corrected chi connectivity index (χ1v) is 9.18. The van der Waals surface area contributed by atoms with Crippen molar-refractivity contribution in [2.24, 2.45) is 0 Å². The Kier molecular flexibility index (Phi) is 9.47. The number of benzene rings is 2. The van der Waals surface area contributed by atoms with Crippen molar-refractivity contribution in [3.05, 3.63) is 82.3 Å². The second kappa shape index (κ2) is 11.6. The van der Waals surface area contributed by atoms with Crippen LogP contribution in [0, 0.1) is 0 Å². The van der Waals surface area contributed by atoms with E-state index >= 15 is 0 Å². The number of hydrogen-bond donors (Lipinski definition) is 2. The number of carbonyl (C=O) groups excluding carboxylic acids is 1. The molecule has 138 valence electrons. The molecule has 1 aromatic heterocycles. The summed E-state index contributed by atoms with van der Waals surface area (Å²) < 4.78 is 0. The molecule has 0 radical (unpaired) electrons. The fourth-order valence-corrected chi connectivity index (χ4v) is 2.50. The molecule has 1 aliphatic rings. The molecule has 0 fully saturated rings. The lowest BCUT2D eigenvalue weighted by atomic mass is 10.0. The van der Waals surface area contributed by atoms with Crippen molar-refractivity contribution < 1.29 is 4.79 Å². The number of aromatic nitrogens is 1. The lowest BCUT2D eigenvalue weighted by Crippen LogP contribution is -2.31. The summed E-state index contributed by atoms with van der Waals surface area (Å²) in [4.78, 5) is 24.9. The molecule has 0 saturated heterocycles. The molecule has 0 bridgehead atoms. The van der Waals surface area contributed by atoms with Crippen molar-refractivity contribution in [3.63, 3.8) is 0 Å². The van der Waals surface area contributed by atoms with E-state index in [-0.39, 0.29) is 11.5 Å². The smallest absolute Gasteiger partial charge is 0.255 e. The van der Waals surface area contributed by atoms with Crippen LogP contribution in [0.1, 0.15) is 43.6 Å². The third kappa shape index (κ3) is 5.59. The van der Waals surface area contributed by atoms with Gasteiger partial charge in [-0.15, -0.1) is 0 Å². The van der Waals surface area contributed by atoms with Gasteiger partial charge < -0.3 is 10.3 Å². The number of nitrogens with one attached hydrogen (secondary N) is 2. The number of rotatable bonds is 0. The number of pyridine rings is 1. The van der Waals surface area contributed by atoms with Gasteiger partial charge in [-0.05, 0) is 35.6 Å². The lowest BCUT2D eigenvalue weighted by Gasteiger charge is -2.15. The van der Waals surface area contributed by atoms with E-state index in [4.69, 9.17) is 0 Å². The highest BCUT2D eigenvalue weighted by Crippen LogP contribution is 2.12. The van der Waals surface area contributed by atoms with Crippen LogP contribution < -0.4 is 10.9 Å². The molecule has 0 saturated carbocycles. The number of fused-ring (bicyclic) bond motifs is 2. The van der Waals surface area contributed by atoms with Crippen LogP contribution in [0.5, 0.6) is 0 Å². The number of aromatic amines is 1. The highest BCUT2D eigenvalue weighted by atomic mass is 16.1. The van der Waals surface area contributed by atoms with E-state index in [0.717, 1.165) is 34.9 Å². The van der Waals surface area contributed by atoms with Crippen molar-refractivity contribution >= 4 is 16.7 Å². The fourth-order valence-electron chi connectivity index (χ4n) is 2.50. The van der Waals surface area contributed by atoms with E-state index in [1.165, 1.54) is 0 Å². The van der Waals surface area contributed by atoms with Gasteiger partial charge in [0.15, 0.2) is 0 Å². The molecule has 0 atom stereocenters. The number of hydrogen-bond acceptors (Lipinski definition) is 2. The number of amides is 1. The van der Waals surface area contributed by atoms with Crippen LogP contribution in [-0.4, -0.2) is 17.4 Å². The normalized spacial score (nSPS) is 11.3. The molecule has 4 rings (SSSR count). The van der Waals surface area contributed by atoms with Gasteiger partial charge in [-0.25, -0.2) is 0 Å². The average Bonchev–Trinajstić information content (AvgIpc) is 2.72. The van der Waals surface area contributed by atoms with Gasteiger partial charge in [0.05, 0.1) is 0 Å². The first-order chi connectivity index (χ1) is 12.8. The molecular formula is C22H28N2O2. The zero-order valence-corrected chi connectivity index (χ0v) is 16.0. The second-order valence-electron chi connectivity index (χ2n) is 5.06. The van der Waals surface area contributed by atoms with Crippen molar-refractivity contribution in [1.29, 1.82) is 0 Å². The van der Waals surface area contributed by atoms with E-state index in [0.29, 0.717) is 0 Å². The molecule has 4 heteroatoms. The standard InChI is InChI=1S/C9H9NO.C9H7NO.2C2H6/c2*11-9-8-4-2-1-3-7(8)5-6-10-9;2*1-2/h1-4H,5-6H2,(H,10,11);1-6H,(H,10,11);2*1-2H3. The third-order valence-corrected chi connectivity index (χ3v) is 3.62. The maximum Gasteiger partial charge on any atom is 0.255 e. The summed E-state index contributed by atoms with van der Waals surface area (Å²) >= 11 is 0. The Hall–Kier alpha value is -2.88. The zero-order chi connectivity index (χ0) is 19.4. The van der Waals surface area contributed by atoms with Gasteiger partial charge in [0, 0.05) is 23.7 Å². The maximum atomic E-state index is 11.2. The molecule has 1 amide bonds. The SMILES string of the molecule is CC.CC.O=C1NCCc2ccccc21.O=c1[nH]ccc2ccccc12. The minimum Gasteiger partial charge on any atom is -0.352 e. The van der Waals surface area contributed by atoms with E-state index < -0.39 is 0 Å². The predicted molar refractivity (Wildman–Crippen MR) is 110 cm³/mol. The number of H-pyrrole nitrogens is 1. The summed E-state index contributed by atoms with van der Waals surface area (Å²) in [5.41, 5.74) is 1.97. The molecule has 2 N–H and O–H groups in total. The first-order valence-electron chi connectivity index (χ1n) is 9.18. The van der Waals surface area contributed by atoms with Crippen LogP contribution in [0.25, 0.3) is 10.8 Å². The van der Waals surface area contributed by atoms with Crippen molar-refractivity contribution in [2.75, 3.05) is 6.54 Å². The molecule has 2 aromatic carbocycles. The van der Waals surface area contributed by atoms with E-state index in [1.807, 2.05) is 82.3 Å². The van der Waals surface area contributed by atoms with E-state index in [1.54, 1.807) is 6.20 Å². The summed E-state index contributed by atoms with van der Waals surface area (Å²) in [7, 11) is 0. The Balaban J connectivity index is 0.000000219. The first kappa shape index (κ1) is 21.2. The van der Waals surface area contributed by atoms with Crippen LogP contribution in [0.4, 0.5) is 0 Å². The van der Waals surface area contributed by atoms with Gasteiger partial charge in [0.25, 0.3) is 11.5 Å². The van der Waals surface area contributed by atoms with Crippen molar-refractivity contribution in [3.8, 4) is 0 Å². The predicted octanol–water partition coefficient (Wildman–Crippen LogP) is 4.55. The second-order valence-corrected chi connectivity index (χ2v) is 5.06. The van der Waals surface area contributed by atoms with Gasteiger partial charge in [-0.1, -0.05) is 64.1 Å². The molecule has 0 spiro atoms. The molecular weight excluding hydrogens is 324 g/mol. The Morgan fingerprint density at radius 2 is 1.46 bits per heavy atom. The maximum absolute atomic E-state index is 11.2. The van der Waals surface area contributed by atoms with Crippen LogP contribution >= 0.6 is 0 Å². The van der Waals surface area contributed by atoms with Crippen LogP contribution in [-0.2, 0) is 6.42 Å². The van der Waals surface area contributed by atoms with Crippen LogP contribution in [0.2, 0.25) is 0 Å². The van der Waals surface area contributed by atoms with Crippen molar-refractivity contribution in [1.82, 2.24) is 10.3 Å². The van der Waals surface area contributed by atoms with Gasteiger partial charge in [0.1, 0.15) is 0 Å². The minimum absolute atomic E-state index is 0.0249. The van der Waals surface area contributed by atoms with Gasteiger partial charge >= 0.3 is 0 Å². The van der Waals surface area contributed by atoms with Gasteiger partial charge in [-0.2, -0.15) is 0 Å². The van der Waals surface area contributed by atoms with Crippen molar-refractivity contribution in [2.45, 2.75) is 34.1 Å². The van der Waals surface area contributed by atoms with E-state index in [2.05, 4.69) is 10.3 Å². The van der Waals surface area contributed by atoms with Crippen LogP contribution in [0.15, 0.2) is 65.6 Å². The Morgan fingerprint density at radius 3 is 2.15 bits per heavy atom. The Bertz CT molecular complexity index is 864. The molecule has 26 heavy (non-hydrogen) atoms. The molecule has 3 aromatic rings. The molecule has 2 heterocycles. The topological polar surface area (TPSA) is 62.0 Å². The summed E-state index contributed by atoms with van der Waals surface area (Å²) in [6.45, 7) is 8.77. The number of carbonyl (C=O) groups is 1. The Labute approximate surface area is 155 Å². The van der Waals surface area contributed by atoms with Gasteiger partial charge in [0.2, 0.25) is 0 Å². The fraction of sp³-hybridized carbons (Fsp3) is 0.273. The average molecular weight is 352 g/mol. The zero-order valence-electron chi connectivity index (χ0n) is 16.0. The highest BCUT2D eigenvalue weighted by Gasteiger charge is 2.14. The molecule has 4 nitrogen and oxygen atoms in total. The van der Waals surface area contributed by atoms with Gasteiger partial charge in [-0.3, -0.25) is 9.59 Å². The summed E-state index contributed by atoms with van der Waals surface area (Å²) in [5.74, 6) is 0.0619. The molecule has 0 aliphatic carbocycles. The molecule has 0 unspecified atom stereocenters. The largest absolute Gasteiger partial charge is 0.352 e. The molecule has 1 aliphatic heterocycles. The summed E-state index contributed by atoms with van der Waals surface area (Å²) in [6.07, 6.45) is 2.62. The van der Waals surface area contributed by atoms with Crippen LogP contribution in [0.3, 0.4) is 0 Å². The highest BCUT2D eigenvalue weighted by molar-refractivity contribution is 5.96. The minimum atomic E-state index is -0.0249. The summed E-state index contributed by atoms with van der Waals surface area (Å²) in [6, 6.07) is 17.1. The Morgan fingerprint density at radius 1 is 0.808 bits per heavy atom. The lowest BCUT2D eigenvalue weighted by molar-refractivity contribution is 0.0946.